The Kier molecular flexibility index (Phi) is 4.03. The highest BCUT2D eigenvalue weighted by atomic mass is 127. The summed E-state index contributed by atoms with van der Waals surface area (Å²) >= 11 is 2.06. The van der Waals surface area contributed by atoms with E-state index in [1.807, 2.05) is 6.92 Å². The summed E-state index contributed by atoms with van der Waals surface area (Å²) in [5.41, 5.74) is 0.870. The summed E-state index contributed by atoms with van der Waals surface area (Å²) in [6.45, 7) is 5.89. The van der Waals surface area contributed by atoms with E-state index in [1.165, 1.54) is 0 Å². The van der Waals surface area contributed by atoms with E-state index < -0.39 is 0 Å². The summed E-state index contributed by atoms with van der Waals surface area (Å²) in [7, 11) is 2.11. The first kappa shape index (κ1) is 12.8. The third kappa shape index (κ3) is 2.79. The monoisotopic (exact) mass is 348 g/mol. The normalized spacial score (nSPS) is 17.5. The summed E-state index contributed by atoms with van der Waals surface area (Å²) in [6.07, 6.45) is 0.795. The summed E-state index contributed by atoms with van der Waals surface area (Å²) in [6, 6.07) is 0. The molecular weight excluding hydrogens is 331 g/mol. The second kappa shape index (κ2) is 5.34. The number of aromatic amines is 1. The van der Waals surface area contributed by atoms with E-state index in [-0.39, 0.29) is 5.56 Å². The van der Waals surface area contributed by atoms with Crippen molar-refractivity contribution >= 4 is 28.5 Å². The Bertz CT molecular complexity index is 451. The zero-order chi connectivity index (χ0) is 12.4. The standard InChI is InChI=1S/C11H17IN4O/c1-3-8-9(12)10(17)14-11(13-8)16-6-4-15(2)5-7-16/h3-7H2,1-2H3,(H,13,14,17). The Hall–Kier alpha value is -0.630. The molecule has 2 heterocycles. The first-order chi connectivity index (χ1) is 8.11. The lowest BCUT2D eigenvalue weighted by Gasteiger charge is -2.32. The molecule has 1 saturated heterocycles. The van der Waals surface area contributed by atoms with Crippen LogP contribution in [0.1, 0.15) is 12.6 Å². The Morgan fingerprint density at radius 3 is 2.59 bits per heavy atom. The maximum Gasteiger partial charge on any atom is 0.265 e. The molecule has 2 rings (SSSR count). The van der Waals surface area contributed by atoms with Gasteiger partial charge >= 0.3 is 0 Å². The lowest BCUT2D eigenvalue weighted by molar-refractivity contribution is 0.311. The first-order valence-corrected chi connectivity index (χ1v) is 6.92. The zero-order valence-corrected chi connectivity index (χ0v) is 12.3. The molecule has 0 spiro atoms. The topological polar surface area (TPSA) is 52.2 Å². The molecule has 0 amide bonds. The average molecular weight is 348 g/mol. The molecule has 0 atom stereocenters. The molecule has 0 aliphatic carbocycles. The highest BCUT2D eigenvalue weighted by Crippen LogP contribution is 2.12. The zero-order valence-electron chi connectivity index (χ0n) is 10.2. The second-order valence-corrected chi connectivity index (χ2v) is 5.37. The molecule has 1 aromatic heterocycles. The fourth-order valence-corrected chi connectivity index (χ4v) is 2.53. The van der Waals surface area contributed by atoms with Crippen LogP contribution in [0.2, 0.25) is 0 Å². The SMILES string of the molecule is CCc1nc(N2CCN(C)CC2)[nH]c(=O)c1I. The maximum absolute atomic E-state index is 11.8. The van der Waals surface area contributed by atoms with Crippen LogP contribution in [0, 0.1) is 3.57 Å². The molecule has 1 aromatic rings. The number of H-pyrrole nitrogens is 1. The molecular formula is C11H17IN4O. The lowest BCUT2D eigenvalue weighted by Crippen LogP contribution is -2.45. The van der Waals surface area contributed by atoms with Gasteiger partial charge in [-0.25, -0.2) is 4.98 Å². The Labute approximate surface area is 114 Å². The van der Waals surface area contributed by atoms with Gasteiger partial charge in [0.25, 0.3) is 5.56 Å². The second-order valence-electron chi connectivity index (χ2n) is 4.29. The van der Waals surface area contributed by atoms with E-state index in [2.05, 4.69) is 49.4 Å². The first-order valence-electron chi connectivity index (χ1n) is 5.84. The molecule has 6 heteroatoms. The van der Waals surface area contributed by atoms with Gasteiger partial charge in [0.15, 0.2) is 0 Å². The molecule has 0 unspecified atom stereocenters. The van der Waals surface area contributed by atoms with Crippen molar-refractivity contribution in [3.8, 4) is 0 Å². The van der Waals surface area contributed by atoms with Crippen molar-refractivity contribution in [2.24, 2.45) is 0 Å². The van der Waals surface area contributed by atoms with Crippen LogP contribution in [-0.2, 0) is 6.42 Å². The molecule has 94 valence electrons. The molecule has 0 saturated carbocycles. The van der Waals surface area contributed by atoms with Crippen molar-refractivity contribution in [3.63, 3.8) is 0 Å². The van der Waals surface area contributed by atoms with Crippen LogP contribution in [0.3, 0.4) is 0 Å². The highest BCUT2D eigenvalue weighted by Gasteiger charge is 2.17. The predicted octanol–water partition coefficient (Wildman–Crippen LogP) is 0.689. The summed E-state index contributed by atoms with van der Waals surface area (Å²) in [5.74, 6) is 0.723. The molecule has 0 aromatic carbocycles. The van der Waals surface area contributed by atoms with Crippen molar-refractivity contribution < 1.29 is 0 Å². The number of likely N-dealkylation sites (N-methyl/N-ethyl adjacent to an activating group) is 1. The number of aromatic nitrogens is 2. The van der Waals surface area contributed by atoms with E-state index in [0.717, 1.165) is 44.2 Å². The molecule has 1 fully saturated rings. The highest BCUT2D eigenvalue weighted by molar-refractivity contribution is 14.1. The average Bonchev–Trinajstić information content (AvgIpc) is 2.33. The van der Waals surface area contributed by atoms with Crippen LogP contribution < -0.4 is 10.5 Å². The van der Waals surface area contributed by atoms with E-state index in [0.29, 0.717) is 3.57 Å². The molecule has 1 aliphatic rings. The number of aryl methyl sites for hydroxylation is 1. The number of hydrogen-bond acceptors (Lipinski definition) is 4. The van der Waals surface area contributed by atoms with Gasteiger partial charge in [-0.15, -0.1) is 0 Å². The molecule has 1 N–H and O–H groups in total. The van der Waals surface area contributed by atoms with Gasteiger partial charge in [0.05, 0.1) is 9.26 Å². The minimum Gasteiger partial charge on any atom is -0.340 e. The largest absolute Gasteiger partial charge is 0.340 e. The van der Waals surface area contributed by atoms with Crippen LogP contribution in [0.5, 0.6) is 0 Å². The summed E-state index contributed by atoms with van der Waals surface area (Å²) < 4.78 is 0.711. The Balaban J connectivity index is 2.27. The van der Waals surface area contributed by atoms with Gasteiger partial charge in [-0.05, 0) is 36.1 Å². The van der Waals surface area contributed by atoms with E-state index in [9.17, 15) is 4.79 Å². The molecule has 17 heavy (non-hydrogen) atoms. The fraction of sp³-hybridized carbons (Fsp3) is 0.636. The molecule has 5 nitrogen and oxygen atoms in total. The number of anilines is 1. The van der Waals surface area contributed by atoms with Gasteiger partial charge < -0.3 is 9.80 Å². The summed E-state index contributed by atoms with van der Waals surface area (Å²) in [5, 5.41) is 0. The maximum atomic E-state index is 11.8. The van der Waals surface area contributed by atoms with Crippen LogP contribution in [-0.4, -0.2) is 48.1 Å². The van der Waals surface area contributed by atoms with Crippen LogP contribution in [0.4, 0.5) is 5.95 Å². The number of nitrogens with zero attached hydrogens (tertiary/aromatic N) is 3. The summed E-state index contributed by atoms with van der Waals surface area (Å²) in [4.78, 5) is 23.6. The minimum absolute atomic E-state index is 0.0219. The predicted molar refractivity (Wildman–Crippen MR) is 76.7 cm³/mol. The number of hydrogen-bond donors (Lipinski definition) is 1. The van der Waals surface area contributed by atoms with Gasteiger partial charge in [0.1, 0.15) is 0 Å². The third-order valence-electron chi connectivity index (χ3n) is 3.06. The van der Waals surface area contributed by atoms with E-state index in [1.54, 1.807) is 0 Å². The quantitative estimate of drug-likeness (QED) is 0.799. The van der Waals surface area contributed by atoms with Crippen molar-refractivity contribution in [1.82, 2.24) is 14.9 Å². The minimum atomic E-state index is -0.0219. The van der Waals surface area contributed by atoms with Crippen molar-refractivity contribution in [2.75, 3.05) is 38.1 Å². The van der Waals surface area contributed by atoms with Gasteiger partial charge in [0, 0.05) is 26.2 Å². The Morgan fingerprint density at radius 2 is 2.00 bits per heavy atom. The lowest BCUT2D eigenvalue weighted by atomic mass is 10.3. The molecule has 0 bridgehead atoms. The molecule has 0 radical (unpaired) electrons. The third-order valence-corrected chi connectivity index (χ3v) is 4.17. The smallest absolute Gasteiger partial charge is 0.265 e. The van der Waals surface area contributed by atoms with Gasteiger partial charge in [-0.1, -0.05) is 6.92 Å². The number of piperazine rings is 1. The van der Waals surface area contributed by atoms with Crippen LogP contribution in [0.15, 0.2) is 4.79 Å². The number of halogens is 1. The van der Waals surface area contributed by atoms with Crippen molar-refractivity contribution in [3.05, 3.63) is 19.6 Å². The van der Waals surface area contributed by atoms with E-state index in [4.69, 9.17) is 0 Å². The number of rotatable bonds is 2. The van der Waals surface area contributed by atoms with E-state index >= 15 is 0 Å². The van der Waals surface area contributed by atoms with Gasteiger partial charge in [0.2, 0.25) is 5.95 Å². The molecule has 1 aliphatic heterocycles. The Morgan fingerprint density at radius 1 is 1.35 bits per heavy atom. The van der Waals surface area contributed by atoms with Crippen molar-refractivity contribution in [2.45, 2.75) is 13.3 Å². The number of nitrogens with one attached hydrogen (secondary N) is 1. The van der Waals surface area contributed by atoms with Crippen LogP contribution in [0.25, 0.3) is 0 Å². The fourth-order valence-electron chi connectivity index (χ4n) is 1.89. The van der Waals surface area contributed by atoms with Crippen LogP contribution >= 0.6 is 22.6 Å². The van der Waals surface area contributed by atoms with Gasteiger partial charge in [-0.3, -0.25) is 9.78 Å². The van der Waals surface area contributed by atoms with Crippen molar-refractivity contribution in [1.29, 1.82) is 0 Å². The van der Waals surface area contributed by atoms with Gasteiger partial charge in [-0.2, -0.15) is 0 Å².